The van der Waals surface area contributed by atoms with E-state index in [1.807, 2.05) is 0 Å². The van der Waals surface area contributed by atoms with Gasteiger partial charge >= 0.3 is 0 Å². The summed E-state index contributed by atoms with van der Waals surface area (Å²) in [6, 6.07) is 5.48. The van der Waals surface area contributed by atoms with Crippen LogP contribution in [0, 0.1) is 16.7 Å². The Hall–Kier alpha value is -1.69. The van der Waals surface area contributed by atoms with Crippen molar-refractivity contribution in [3.63, 3.8) is 0 Å². The van der Waals surface area contributed by atoms with E-state index in [0.717, 1.165) is 6.42 Å². The highest BCUT2D eigenvalue weighted by atomic mass is 16.1. The fourth-order valence-corrected chi connectivity index (χ4v) is 1.70. The summed E-state index contributed by atoms with van der Waals surface area (Å²) in [5.74, 6) is -0.0475. The molecule has 1 aromatic heterocycles. The SMILES string of the molecule is N#CC1(C(=O)c2ccncc2)CCC1. The van der Waals surface area contributed by atoms with Gasteiger partial charge in [0.15, 0.2) is 5.78 Å². The maximum Gasteiger partial charge on any atom is 0.183 e. The van der Waals surface area contributed by atoms with Crippen molar-refractivity contribution in [1.82, 2.24) is 4.98 Å². The summed E-state index contributed by atoms with van der Waals surface area (Å²) in [6.07, 6.45) is 5.54. The van der Waals surface area contributed by atoms with Crippen LogP contribution in [0.4, 0.5) is 0 Å². The molecule has 0 aliphatic heterocycles. The third-order valence-corrected chi connectivity index (χ3v) is 2.80. The minimum Gasteiger partial charge on any atom is -0.292 e. The average molecular weight is 186 g/mol. The van der Waals surface area contributed by atoms with Gasteiger partial charge < -0.3 is 0 Å². The first-order valence-electron chi connectivity index (χ1n) is 4.65. The molecule has 3 heteroatoms. The number of Topliss-reactive ketones (excluding diaryl/α,β-unsaturated/α-hetero) is 1. The number of pyridine rings is 1. The summed E-state index contributed by atoms with van der Waals surface area (Å²) in [5.41, 5.74) is -0.136. The first-order chi connectivity index (χ1) is 6.78. The van der Waals surface area contributed by atoms with Crippen molar-refractivity contribution in [2.45, 2.75) is 19.3 Å². The molecule has 0 aromatic carbocycles. The second-order valence-corrected chi connectivity index (χ2v) is 3.61. The Labute approximate surface area is 82.4 Å². The summed E-state index contributed by atoms with van der Waals surface area (Å²) < 4.78 is 0. The average Bonchev–Trinajstić information content (AvgIpc) is 2.18. The zero-order chi connectivity index (χ0) is 10.0. The molecule has 3 nitrogen and oxygen atoms in total. The largest absolute Gasteiger partial charge is 0.292 e. The molecule has 2 rings (SSSR count). The molecule has 0 spiro atoms. The maximum absolute atomic E-state index is 11.9. The van der Waals surface area contributed by atoms with Crippen molar-refractivity contribution in [1.29, 1.82) is 5.26 Å². The van der Waals surface area contributed by atoms with E-state index < -0.39 is 5.41 Å². The van der Waals surface area contributed by atoms with Crippen LogP contribution in [-0.4, -0.2) is 10.8 Å². The quantitative estimate of drug-likeness (QED) is 0.663. The van der Waals surface area contributed by atoms with Crippen molar-refractivity contribution in [3.05, 3.63) is 30.1 Å². The van der Waals surface area contributed by atoms with Crippen LogP contribution in [0.2, 0.25) is 0 Å². The Morgan fingerprint density at radius 3 is 2.50 bits per heavy atom. The minimum atomic E-state index is -0.735. The Kier molecular flexibility index (Phi) is 2.05. The molecule has 1 saturated carbocycles. The Morgan fingerprint density at radius 2 is 2.07 bits per heavy atom. The second kappa shape index (κ2) is 3.22. The molecule has 0 N–H and O–H groups in total. The fourth-order valence-electron chi connectivity index (χ4n) is 1.70. The van der Waals surface area contributed by atoms with Gasteiger partial charge in [0.05, 0.1) is 6.07 Å². The number of hydrogen-bond acceptors (Lipinski definition) is 3. The normalized spacial score (nSPS) is 17.9. The fraction of sp³-hybridized carbons (Fsp3) is 0.364. The van der Waals surface area contributed by atoms with Gasteiger partial charge in [0.1, 0.15) is 5.41 Å². The van der Waals surface area contributed by atoms with Gasteiger partial charge in [0.25, 0.3) is 0 Å². The number of ketones is 1. The highest BCUT2D eigenvalue weighted by Crippen LogP contribution is 2.42. The highest BCUT2D eigenvalue weighted by Gasteiger charge is 2.44. The molecule has 0 bridgehead atoms. The molecule has 1 heterocycles. The highest BCUT2D eigenvalue weighted by molar-refractivity contribution is 6.02. The second-order valence-electron chi connectivity index (χ2n) is 3.61. The Bertz CT molecular complexity index is 387. The van der Waals surface area contributed by atoms with Crippen LogP contribution >= 0.6 is 0 Å². The molecule has 14 heavy (non-hydrogen) atoms. The van der Waals surface area contributed by atoms with Gasteiger partial charge in [-0.15, -0.1) is 0 Å². The molecule has 1 aromatic rings. The number of aromatic nitrogens is 1. The molecule has 70 valence electrons. The van der Waals surface area contributed by atoms with Crippen LogP contribution in [0.3, 0.4) is 0 Å². The van der Waals surface area contributed by atoms with Crippen LogP contribution in [0.15, 0.2) is 24.5 Å². The lowest BCUT2D eigenvalue weighted by molar-refractivity contribution is 0.0748. The molecule has 0 radical (unpaired) electrons. The summed E-state index contributed by atoms with van der Waals surface area (Å²) in [6.45, 7) is 0. The molecule has 0 amide bonds. The number of rotatable bonds is 2. The summed E-state index contributed by atoms with van der Waals surface area (Å²) in [4.78, 5) is 15.8. The van der Waals surface area contributed by atoms with E-state index in [1.165, 1.54) is 0 Å². The Balaban J connectivity index is 2.29. The lowest BCUT2D eigenvalue weighted by Crippen LogP contribution is -2.36. The third-order valence-electron chi connectivity index (χ3n) is 2.80. The van der Waals surface area contributed by atoms with E-state index in [0.29, 0.717) is 18.4 Å². The van der Waals surface area contributed by atoms with Gasteiger partial charge in [-0.25, -0.2) is 0 Å². The summed E-state index contributed by atoms with van der Waals surface area (Å²) in [7, 11) is 0. The smallest absolute Gasteiger partial charge is 0.183 e. The van der Waals surface area contributed by atoms with E-state index >= 15 is 0 Å². The van der Waals surface area contributed by atoms with E-state index in [4.69, 9.17) is 5.26 Å². The zero-order valence-electron chi connectivity index (χ0n) is 7.73. The lowest BCUT2D eigenvalue weighted by Gasteiger charge is -2.33. The minimum absolute atomic E-state index is 0.0475. The monoisotopic (exact) mass is 186 g/mol. The summed E-state index contributed by atoms with van der Waals surface area (Å²) in [5, 5.41) is 8.98. The van der Waals surface area contributed by atoms with E-state index in [1.54, 1.807) is 24.5 Å². The van der Waals surface area contributed by atoms with Crippen molar-refractivity contribution in [3.8, 4) is 6.07 Å². The van der Waals surface area contributed by atoms with Gasteiger partial charge in [-0.05, 0) is 31.4 Å². The number of nitriles is 1. The van der Waals surface area contributed by atoms with E-state index in [9.17, 15) is 4.79 Å². The first kappa shape index (κ1) is 8.89. The molecule has 0 saturated heterocycles. The molecule has 1 aliphatic rings. The van der Waals surface area contributed by atoms with Gasteiger partial charge in [0.2, 0.25) is 0 Å². The zero-order valence-corrected chi connectivity index (χ0v) is 7.73. The molecule has 1 fully saturated rings. The standard InChI is InChI=1S/C11H10N2O/c12-8-11(4-1-5-11)10(14)9-2-6-13-7-3-9/h2-3,6-7H,1,4-5H2. The number of carbonyl (C=O) groups excluding carboxylic acids is 1. The van der Waals surface area contributed by atoms with Crippen molar-refractivity contribution < 1.29 is 4.79 Å². The van der Waals surface area contributed by atoms with E-state index in [2.05, 4.69) is 11.1 Å². The van der Waals surface area contributed by atoms with Crippen molar-refractivity contribution in [2.75, 3.05) is 0 Å². The van der Waals surface area contributed by atoms with E-state index in [-0.39, 0.29) is 5.78 Å². The van der Waals surface area contributed by atoms with Crippen LogP contribution < -0.4 is 0 Å². The third kappa shape index (κ3) is 1.20. The van der Waals surface area contributed by atoms with Crippen molar-refractivity contribution in [2.24, 2.45) is 5.41 Å². The van der Waals surface area contributed by atoms with Gasteiger partial charge in [-0.3, -0.25) is 9.78 Å². The molecular formula is C11H10N2O. The first-order valence-corrected chi connectivity index (χ1v) is 4.65. The van der Waals surface area contributed by atoms with Crippen LogP contribution in [0.5, 0.6) is 0 Å². The van der Waals surface area contributed by atoms with Crippen LogP contribution in [0.1, 0.15) is 29.6 Å². The predicted molar refractivity (Wildman–Crippen MR) is 50.5 cm³/mol. The van der Waals surface area contributed by atoms with Crippen molar-refractivity contribution >= 4 is 5.78 Å². The summed E-state index contributed by atoms with van der Waals surface area (Å²) >= 11 is 0. The maximum atomic E-state index is 11.9. The van der Waals surface area contributed by atoms with Crippen LogP contribution in [0.25, 0.3) is 0 Å². The molecular weight excluding hydrogens is 176 g/mol. The number of hydrogen-bond donors (Lipinski definition) is 0. The lowest BCUT2D eigenvalue weighted by atomic mass is 9.66. The topological polar surface area (TPSA) is 53.8 Å². The molecule has 1 aliphatic carbocycles. The van der Waals surface area contributed by atoms with Gasteiger partial charge in [-0.1, -0.05) is 0 Å². The number of carbonyl (C=O) groups is 1. The predicted octanol–water partition coefficient (Wildman–Crippen LogP) is 1.96. The van der Waals surface area contributed by atoms with Gasteiger partial charge in [0, 0.05) is 18.0 Å². The molecule has 0 unspecified atom stereocenters. The Morgan fingerprint density at radius 1 is 1.43 bits per heavy atom. The molecule has 0 atom stereocenters. The van der Waals surface area contributed by atoms with Crippen LogP contribution in [-0.2, 0) is 0 Å². The van der Waals surface area contributed by atoms with Gasteiger partial charge in [-0.2, -0.15) is 5.26 Å². The number of nitrogens with zero attached hydrogens (tertiary/aromatic N) is 2.